The van der Waals surface area contributed by atoms with Crippen LogP contribution in [0.2, 0.25) is 0 Å². The Kier molecular flexibility index (Phi) is 31.7. The minimum atomic E-state index is -0.445. The molecular formula is C26H44O8. The van der Waals surface area contributed by atoms with Gasteiger partial charge in [-0.05, 0) is 52.4 Å². The molecule has 196 valence electrons. The van der Waals surface area contributed by atoms with Crippen LogP contribution >= 0.6 is 0 Å². The van der Waals surface area contributed by atoms with E-state index >= 15 is 0 Å². The molecule has 0 N–H and O–H groups in total. The van der Waals surface area contributed by atoms with E-state index in [1.807, 2.05) is 27.7 Å². The highest BCUT2D eigenvalue weighted by molar-refractivity contribution is 5.78. The van der Waals surface area contributed by atoms with Gasteiger partial charge in [-0.25, -0.2) is 0 Å². The van der Waals surface area contributed by atoms with Gasteiger partial charge in [-0.15, -0.1) is 13.2 Å². The van der Waals surface area contributed by atoms with Gasteiger partial charge in [0.05, 0.1) is 24.0 Å². The van der Waals surface area contributed by atoms with Crippen LogP contribution in [0.5, 0.6) is 0 Å². The molecule has 0 aromatic rings. The Hall–Kier alpha value is -3.08. The van der Waals surface area contributed by atoms with Gasteiger partial charge in [-0.2, -0.15) is 19.2 Å². The number of ether oxygens (including phenoxy) is 2. The molecule has 0 atom stereocenters. The summed E-state index contributed by atoms with van der Waals surface area (Å²) in [5, 5.41) is 0. The SMILES string of the molecule is C.C.C=CCC(CC)(CC=C)C(=O)OCC.CCOC(=O)C1(CC)CC=CC1.O=C=O.O=C=O. The molecule has 0 saturated heterocycles. The first-order valence-electron chi connectivity index (χ1n) is 10.4. The van der Waals surface area contributed by atoms with Crippen LogP contribution in [0.3, 0.4) is 0 Å². The van der Waals surface area contributed by atoms with E-state index in [0.717, 1.165) is 25.7 Å². The second-order valence-electron chi connectivity index (χ2n) is 6.74. The lowest BCUT2D eigenvalue weighted by Gasteiger charge is -2.27. The Bertz CT molecular complexity index is 622. The number of carbonyl (C=O) groups is 2. The van der Waals surface area contributed by atoms with Crippen LogP contribution in [0.1, 0.15) is 81.1 Å². The summed E-state index contributed by atoms with van der Waals surface area (Å²) in [6, 6.07) is 0. The lowest BCUT2D eigenvalue weighted by molar-refractivity contribution is -0.193. The minimum Gasteiger partial charge on any atom is -0.466 e. The van der Waals surface area contributed by atoms with E-state index in [-0.39, 0.29) is 44.5 Å². The Balaban J connectivity index is -0.000000128. The Morgan fingerprint density at radius 3 is 1.53 bits per heavy atom. The topological polar surface area (TPSA) is 121 Å². The van der Waals surface area contributed by atoms with E-state index < -0.39 is 5.41 Å². The van der Waals surface area contributed by atoms with Gasteiger partial charge in [0.25, 0.3) is 0 Å². The number of hydrogen-bond acceptors (Lipinski definition) is 8. The summed E-state index contributed by atoms with van der Waals surface area (Å²) in [5.41, 5.74) is -0.671. The van der Waals surface area contributed by atoms with Crippen LogP contribution in [0.4, 0.5) is 0 Å². The third-order valence-electron chi connectivity index (χ3n) is 5.02. The predicted octanol–water partition coefficient (Wildman–Crippen LogP) is 5.50. The zero-order valence-corrected chi connectivity index (χ0v) is 19.6. The molecule has 0 aliphatic heterocycles. The first-order valence-corrected chi connectivity index (χ1v) is 10.4. The quantitative estimate of drug-likeness (QED) is 0.294. The smallest absolute Gasteiger partial charge is 0.373 e. The van der Waals surface area contributed by atoms with E-state index in [0.29, 0.717) is 26.1 Å². The van der Waals surface area contributed by atoms with E-state index in [2.05, 4.69) is 25.3 Å². The molecule has 34 heavy (non-hydrogen) atoms. The van der Waals surface area contributed by atoms with Gasteiger partial charge >= 0.3 is 24.2 Å². The Morgan fingerprint density at radius 1 is 0.882 bits per heavy atom. The van der Waals surface area contributed by atoms with Gasteiger partial charge in [-0.3, -0.25) is 9.59 Å². The number of esters is 2. The lowest BCUT2D eigenvalue weighted by Crippen LogP contribution is -2.31. The minimum absolute atomic E-state index is 0. The largest absolute Gasteiger partial charge is 0.466 e. The van der Waals surface area contributed by atoms with E-state index in [4.69, 9.17) is 28.7 Å². The third kappa shape index (κ3) is 15.7. The van der Waals surface area contributed by atoms with Crippen molar-refractivity contribution in [1.29, 1.82) is 0 Å². The number of hydrogen-bond donors (Lipinski definition) is 0. The molecule has 0 amide bonds. The van der Waals surface area contributed by atoms with Gasteiger partial charge in [0.15, 0.2) is 0 Å². The molecule has 0 saturated carbocycles. The molecule has 1 aliphatic rings. The van der Waals surface area contributed by atoms with Crippen molar-refractivity contribution in [3.8, 4) is 0 Å². The van der Waals surface area contributed by atoms with Crippen molar-refractivity contribution in [2.45, 2.75) is 81.1 Å². The summed E-state index contributed by atoms with van der Waals surface area (Å²) in [4.78, 5) is 55.8. The molecule has 8 nitrogen and oxygen atoms in total. The molecule has 8 heteroatoms. The maximum absolute atomic E-state index is 11.8. The standard InChI is InChI=1S/C12H20O2.C10H16O2.2CO2.2CH4/c1-5-9-12(7-3,10-6-2)11(13)14-8-4;1-3-10(7-5-6-8-10)9(11)12-4-2;2*2-1-3;;/h5-6H,1-2,7-10H2,3-4H3;5-6H,3-4,7-8H2,1-2H3;;;2*1H4. The zero-order valence-electron chi connectivity index (χ0n) is 19.6. The Morgan fingerprint density at radius 2 is 1.26 bits per heavy atom. The first-order chi connectivity index (χ1) is 15.2. The number of allylic oxidation sites excluding steroid dienone is 4. The highest BCUT2D eigenvalue weighted by Crippen LogP contribution is 2.37. The molecule has 0 spiro atoms. The third-order valence-corrected chi connectivity index (χ3v) is 5.02. The molecule has 0 radical (unpaired) electrons. The maximum Gasteiger partial charge on any atom is 0.373 e. The zero-order chi connectivity index (χ0) is 25.5. The monoisotopic (exact) mass is 484 g/mol. The van der Waals surface area contributed by atoms with Gasteiger partial charge in [0, 0.05) is 0 Å². The lowest BCUT2D eigenvalue weighted by atomic mass is 9.79. The molecule has 0 heterocycles. The predicted molar refractivity (Wildman–Crippen MR) is 130 cm³/mol. The second kappa shape index (κ2) is 26.2. The maximum atomic E-state index is 11.8. The molecule has 0 unspecified atom stereocenters. The van der Waals surface area contributed by atoms with Crippen molar-refractivity contribution in [3.63, 3.8) is 0 Å². The molecule has 0 aromatic carbocycles. The fourth-order valence-corrected chi connectivity index (χ4v) is 3.10. The van der Waals surface area contributed by atoms with Gasteiger partial charge in [0.2, 0.25) is 0 Å². The normalized spacial score (nSPS) is 11.8. The van der Waals surface area contributed by atoms with E-state index in [1.54, 1.807) is 12.2 Å². The van der Waals surface area contributed by atoms with Gasteiger partial charge in [0.1, 0.15) is 0 Å². The van der Waals surface area contributed by atoms with Crippen LogP contribution in [-0.4, -0.2) is 37.5 Å². The van der Waals surface area contributed by atoms with Gasteiger partial charge < -0.3 is 9.47 Å². The van der Waals surface area contributed by atoms with Crippen LogP contribution in [0.15, 0.2) is 37.5 Å². The highest BCUT2D eigenvalue weighted by Gasteiger charge is 2.38. The summed E-state index contributed by atoms with van der Waals surface area (Å²) in [6.07, 6.45) is 12.8. The second-order valence-corrected chi connectivity index (χ2v) is 6.74. The first kappa shape index (κ1) is 41.2. The Labute approximate surface area is 205 Å². The van der Waals surface area contributed by atoms with Crippen LogP contribution in [0, 0.1) is 10.8 Å². The summed E-state index contributed by atoms with van der Waals surface area (Å²) in [6.45, 7) is 16.0. The molecule has 0 bridgehead atoms. The van der Waals surface area contributed by atoms with Crippen LogP contribution in [0.25, 0.3) is 0 Å². The van der Waals surface area contributed by atoms with Crippen molar-refractivity contribution in [1.82, 2.24) is 0 Å². The van der Waals surface area contributed by atoms with Crippen molar-refractivity contribution in [2.24, 2.45) is 10.8 Å². The molecular weight excluding hydrogens is 440 g/mol. The van der Waals surface area contributed by atoms with E-state index in [9.17, 15) is 9.59 Å². The van der Waals surface area contributed by atoms with Crippen molar-refractivity contribution >= 4 is 24.2 Å². The molecule has 0 fully saturated rings. The number of rotatable bonds is 10. The average Bonchev–Trinajstić information content (AvgIpc) is 3.26. The van der Waals surface area contributed by atoms with E-state index in [1.165, 1.54) is 0 Å². The summed E-state index contributed by atoms with van der Waals surface area (Å²) in [7, 11) is 0. The molecule has 0 aromatic heterocycles. The average molecular weight is 485 g/mol. The molecule has 1 rings (SSSR count). The van der Waals surface area contributed by atoms with Gasteiger partial charge in [-0.1, -0.05) is 53.0 Å². The highest BCUT2D eigenvalue weighted by atomic mass is 16.5. The van der Waals surface area contributed by atoms with Crippen LogP contribution in [-0.2, 0) is 38.2 Å². The summed E-state index contributed by atoms with van der Waals surface area (Å²) in [5.74, 6) is -0.167. The fraction of sp³-hybridized carbons (Fsp3) is 0.615. The van der Waals surface area contributed by atoms with Crippen molar-refractivity contribution < 1.29 is 38.2 Å². The summed E-state index contributed by atoms with van der Waals surface area (Å²) >= 11 is 0. The van der Waals surface area contributed by atoms with Crippen molar-refractivity contribution in [3.05, 3.63) is 37.5 Å². The summed E-state index contributed by atoms with van der Waals surface area (Å²) < 4.78 is 10.1. The molecule has 1 aliphatic carbocycles. The fourth-order valence-electron chi connectivity index (χ4n) is 3.10. The number of carbonyl (C=O) groups excluding carboxylic acids is 6. The van der Waals surface area contributed by atoms with Crippen LogP contribution < -0.4 is 0 Å². The van der Waals surface area contributed by atoms with Crippen molar-refractivity contribution in [2.75, 3.05) is 13.2 Å².